The third kappa shape index (κ3) is 7.04. The molecule has 4 N–H and O–H groups in total. The Labute approximate surface area is 270 Å². The zero-order valence-electron chi connectivity index (χ0n) is 26.5. The van der Waals surface area contributed by atoms with Crippen molar-refractivity contribution in [2.45, 2.75) is 100 Å². The van der Waals surface area contributed by atoms with Crippen molar-refractivity contribution in [2.24, 2.45) is 23.7 Å². The van der Waals surface area contributed by atoms with Crippen LogP contribution >= 0.6 is 23.4 Å². The van der Waals surface area contributed by atoms with Crippen molar-refractivity contribution in [3.63, 3.8) is 0 Å². The third-order valence-corrected chi connectivity index (χ3v) is 13.0. The number of carboxylic acid groups (broad SMARTS) is 1. The van der Waals surface area contributed by atoms with Gasteiger partial charge in [-0.2, -0.15) is 11.8 Å². The zero-order valence-corrected chi connectivity index (χ0v) is 28.0. The number of piperidine rings is 1. The number of carboxylic acids is 1. The predicted octanol–water partition coefficient (Wildman–Crippen LogP) is 2.08. The van der Waals surface area contributed by atoms with Crippen LogP contribution in [0.3, 0.4) is 0 Å². The molecule has 2 aliphatic carbocycles. The van der Waals surface area contributed by atoms with E-state index in [-0.39, 0.29) is 46.2 Å². The minimum atomic E-state index is -0.701. The largest absolute Gasteiger partial charge is 0.481 e. The summed E-state index contributed by atoms with van der Waals surface area (Å²) in [4.78, 5) is 33.2. The first-order chi connectivity index (χ1) is 21.2. The number of alkyl halides is 1. The van der Waals surface area contributed by atoms with Crippen LogP contribution in [0.15, 0.2) is 4.79 Å². The van der Waals surface area contributed by atoms with Crippen molar-refractivity contribution in [1.82, 2.24) is 30.4 Å². The number of rotatable bonds is 9. The molecule has 6 rings (SSSR count). The van der Waals surface area contributed by atoms with E-state index in [2.05, 4.69) is 34.8 Å². The van der Waals surface area contributed by atoms with Crippen LogP contribution < -0.4 is 21.5 Å². The van der Waals surface area contributed by atoms with Gasteiger partial charge in [0.05, 0.1) is 30.9 Å². The molecule has 9 unspecified atom stereocenters. The summed E-state index contributed by atoms with van der Waals surface area (Å²) in [5.41, 5.74) is 1.94. The molecule has 1 saturated carbocycles. The summed E-state index contributed by atoms with van der Waals surface area (Å²) in [7, 11) is 2.20. The molecular weight excluding hydrogens is 600 g/mol. The van der Waals surface area contributed by atoms with Crippen molar-refractivity contribution >= 4 is 29.3 Å². The smallest absolute Gasteiger partial charge is 0.308 e. The summed E-state index contributed by atoms with van der Waals surface area (Å²) in [5, 5.41) is 20.7. The van der Waals surface area contributed by atoms with Gasteiger partial charge in [0.25, 0.3) is 5.56 Å². The number of ether oxygens (including phenoxy) is 1. The summed E-state index contributed by atoms with van der Waals surface area (Å²) in [6.07, 6.45) is 6.41. The highest BCUT2D eigenvalue weighted by Gasteiger charge is 2.51. The SMILES string of the molecule is Cc1nc2c(c(=O)n1CCOC1CCC(Cl)CC1C1CC(C)NC3C(C(=O)O)CSC13)CC(N(C)CC1CNCNC1)CC2. The maximum atomic E-state index is 13.8. The van der Waals surface area contributed by atoms with Gasteiger partial charge in [0.1, 0.15) is 5.82 Å². The average Bonchev–Trinajstić information content (AvgIpc) is 3.43. The Morgan fingerprint density at radius 2 is 2.00 bits per heavy atom. The van der Waals surface area contributed by atoms with Gasteiger partial charge < -0.3 is 30.7 Å². The Morgan fingerprint density at radius 1 is 1.20 bits per heavy atom. The highest BCUT2D eigenvalue weighted by atomic mass is 35.5. The molecule has 246 valence electrons. The standard InChI is InChI=1S/C32H51ClN6O4S/c1-18-10-24(30-29(36-18)26(16-44-30)32(41)42)23-11-21(33)4-7-28(23)43-9-8-39-19(2)37-27-6-5-22(12-25(27)31(39)40)38(3)15-20-13-34-17-35-14-20/h18,20-24,26,28-30,34-36H,4-17H2,1-3H3,(H,41,42). The molecule has 0 aromatic carbocycles. The number of hydrogen-bond acceptors (Lipinski definition) is 9. The second-order valence-electron chi connectivity index (χ2n) is 14.0. The van der Waals surface area contributed by atoms with E-state index in [1.807, 2.05) is 23.3 Å². The van der Waals surface area contributed by atoms with Gasteiger partial charge in [-0.1, -0.05) is 0 Å². The number of aromatic nitrogens is 2. The van der Waals surface area contributed by atoms with Crippen LogP contribution in [0.1, 0.15) is 56.1 Å². The lowest BCUT2D eigenvalue weighted by Crippen LogP contribution is -2.57. The van der Waals surface area contributed by atoms with Crippen molar-refractivity contribution in [2.75, 3.05) is 45.7 Å². The van der Waals surface area contributed by atoms with Gasteiger partial charge in [0.15, 0.2) is 0 Å². The summed E-state index contributed by atoms with van der Waals surface area (Å²) in [5.74, 6) is 1.59. The van der Waals surface area contributed by atoms with E-state index < -0.39 is 5.97 Å². The van der Waals surface area contributed by atoms with E-state index in [0.717, 1.165) is 88.3 Å². The zero-order chi connectivity index (χ0) is 31.0. The summed E-state index contributed by atoms with van der Waals surface area (Å²) >= 11 is 8.56. The minimum Gasteiger partial charge on any atom is -0.481 e. The number of aliphatic carboxylic acids is 1. The van der Waals surface area contributed by atoms with Gasteiger partial charge in [-0.3, -0.25) is 14.2 Å². The van der Waals surface area contributed by atoms with Crippen LogP contribution in [0.4, 0.5) is 0 Å². The molecule has 12 heteroatoms. The van der Waals surface area contributed by atoms with Crippen LogP contribution in [-0.4, -0.2) is 106 Å². The second-order valence-corrected chi connectivity index (χ2v) is 15.9. The number of likely N-dealkylation sites (N-methyl/N-ethyl adjacent to an activating group) is 1. The fraction of sp³-hybridized carbons (Fsp3) is 0.844. The summed E-state index contributed by atoms with van der Waals surface area (Å²) < 4.78 is 8.47. The second kappa shape index (κ2) is 14.3. The van der Waals surface area contributed by atoms with Gasteiger partial charge in [0, 0.05) is 66.4 Å². The van der Waals surface area contributed by atoms with Crippen molar-refractivity contribution in [1.29, 1.82) is 0 Å². The maximum absolute atomic E-state index is 13.8. The molecule has 0 amide bonds. The number of aryl methyl sites for hydroxylation is 2. The van der Waals surface area contributed by atoms with Gasteiger partial charge in [-0.05, 0) is 83.6 Å². The number of hydrogen-bond donors (Lipinski definition) is 4. The van der Waals surface area contributed by atoms with Crippen LogP contribution in [0.2, 0.25) is 0 Å². The quantitative estimate of drug-likeness (QED) is 0.296. The van der Waals surface area contributed by atoms with E-state index >= 15 is 0 Å². The maximum Gasteiger partial charge on any atom is 0.308 e. The lowest BCUT2D eigenvalue weighted by atomic mass is 9.70. The first-order valence-corrected chi connectivity index (χ1v) is 18.2. The molecule has 1 aromatic heterocycles. The first kappa shape index (κ1) is 32.7. The Morgan fingerprint density at radius 3 is 2.77 bits per heavy atom. The monoisotopic (exact) mass is 650 g/mol. The topological polar surface area (TPSA) is 121 Å². The van der Waals surface area contributed by atoms with Crippen LogP contribution in [0.5, 0.6) is 0 Å². The van der Waals surface area contributed by atoms with Crippen LogP contribution in [0.25, 0.3) is 0 Å². The molecule has 4 fully saturated rings. The molecule has 44 heavy (non-hydrogen) atoms. The Bertz CT molecular complexity index is 1230. The Hall–Kier alpha value is -1.21. The average molecular weight is 651 g/mol. The summed E-state index contributed by atoms with van der Waals surface area (Å²) in [6.45, 7) is 9.01. The molecular formula is C32H51ClN6O4S. The van der Waals surface area contributed by atoms with E-state index in [1.54, 1.807) is 0 Å². The fourth-order valence-electron chi connectivity index (χ4n) is 8.76. The van der Waals surface area contributed by atoms with Gasteiger partial charge >= 0.3 is 5.97 Å². The van der Waals surface area contributed by atoms with Crippen LogP contribution in [0, 0.1) is 30.6 Å². The van der Waals surface area contributed by atoms with Gasteiger partial charge in [-0.25, -0.2) is 4.98 Å². The highest BCUT2D eigenvalue weighted by Crippen LogP contribution is 2.48. The first-order valence-electron chi connectivity index (χ1n) is 16.8. The van der Waals surface area contributed by atoms with E-state index in [0.29, 0.717) is 36.8 Å². The molecule has 10 nitrogen and oxygen atoms in total. The number of nitrogens with one attached hydrogen (secondary N) is 3. The van der Waals surface area contributed by atoms with Crippen LogP contribution in [-0.2, 0) is 28.9 Å². The number of halogens is 1. The molecule has 4 heterocycles. The molecule has 3 saturated heterocycles. The van der Waals surface area contributed by atoms with Crippen molar-refractivity contribution < 1.29 is 14.6 Å². The third-order valence-electron chi connectivity index (χ3n) is 11.0. The lowest BCUT2D eigenvalue weighted by molar-refractivity contribution is -0.142. The molecule has 0 bridgehead atoms. The minimum absolute atomic E-state index is 0.00994. The Kier molecular flexibility index (Phi) is 10.6. The van der Waals surface area contributed by atoms with E-state index in [1.165, 1.54) is 0 Å². The molecule has 1 aromatic rings. The molecule has 9 atom stereocenters. The van der Waals surface area contributed by atoms with Gasteiger partial charge in [-0.15, -0.1) is 11.6 Å². The number of nitrogens with zero attached hydrogens (tertiary/aromatic N) is 3. The van der Waals surface area contributed by atoms with E-state index in [4.69, 9.17) is 21.3 Å². The Balaban J connectivity index is 1.11. The van der Waals surface area contributed by atoms with Crippen molar-refractivity contribution in [3.05, 3.63) is 27.4 Å². The molecule has 0 radical (unpaired) electrons. The lowest BCUT2D eigenvalue weighted by Gasteiger charge is -2.47. The van der Waals surface area contributed by atoms with Crippen molar-refractivity contribution in [3.8, 4) is 0 Å². The summed E-state index contributed by atoms with van der Waals surface area (Å²) in [6, 6.07) is 0.604. The molecule has 5 aliphatic rings. The molecule has 3 aliphatic heterocycles. The van der Waals surface area contributed by atoms with E-state index in [9.17, 15) is 14.7 Å². The fourth-order valence-corrected chi connectivity index (χ4v) is 10.9. The number of thioether (sulfide) groups is 1. The number of fused-ring (bicyclic) bond motifs is 2. The predicted molar refractivity (Wildman–Crippen MR) is 175 cm³/mol. The van der Waals surface area contributed by atoms with Gasteiger partial charge in [0.2, 0.25) is 0 Å². The number of carbonyl (C=O) groups is 1. The highest BCUT2D eigenvalue weighted by molar-refractivity contribution is 8.00. The normalized spacial score (nSPS) is 36.2. The molecule has 0 spiro atoms.